The second-order valence-electron chi connectivity index (χ2n) is 8.90. The van der Waals surface area contributed by atoms with Gasteiger partial charge in [-0.2, -0.15) is 0 Å². The Labute approximate surface area is 210 Å². The van der Waals surface area contributed by atoms with Gasteiger partial charge in [0.15, 0.2) is 12.4 Å². The van der Waals surface area contributed by atoms with Crippen LogP contribution in [0, 0.1) is 0 Å². The number of ether oxygens (including phenoxy) is 5. The molecule has 0 saturated carbocycles. The molecule has 2 fully saturated rings. The number of carbonyl (C=O) groups is 2. The molecule has 8 atom stereocenters. The van der Waals surface area contributed by atoms with Gasteiger partial charge in [-0.1, -0.05) is 0 Å². The fraction of sp³-hybridized carbons (Fsp3) is 0.864. The van der Waals surface area contributed by atoms with Crippen molar-refractivity contribution in [2.75, 3.05) is 54.1 Å². The first-order valence-electron chi connectivity index (χ1n) is 11.9. The van der Waals surface area contributed by atoms with Crippen molar-refractivity contribution in [3.8, 4) is 0 Å². The first-order valence-corrected chi connectivity index (χ1v) is 11.9. The van der Waals surface area contributed by atoms with Gasteiger partial charge in [0.25, 0.3) is 6.02 Å². The molecular weight excluding hydrogens is 480 g/mol. The average Bonchev–Trinajstić information content (AvgIpc) is 2.81. The van der Waals surface area contributed by atoms with Gasteiger partial charge in [0.2, 0.25) is 5.91 Å². The third-order valence-electron chi connectivity index (χ3n) is 5.73. The van der Waals surface area contributed by atoms with E-state index >= 15 is 0 Å². The van der Waals surface area contributed by atoms with E-state index in [1.165, 1.54) is 14.0 Å². The molecule has 0 aliphatic carbocycles. The van der Waals surface area contributed by atoms with E-state index in [1.54, 1.807) is 0 Å². The Bertz CT molecular complexity index is 740. The monoisotopic (exact) mass is 520 g/mol. The van der Waals surface area contributed by atoms with Crippen molar-refractivity contribution in [1.29, 1.82) is 0 Å². The molecule has 14 heteroatoms. The van der Waals surface area contributed by atoms with Crippen molar-refractivity contribution >= 4 is 17.9 Å². The molecule has 0 spiro atoms. The highest BCUT2D eigenvalue weighted by molar-refractivity contribution is 5.90. The molecule has 2 heterocycles. The van der Waals surface area contributed by atoms with Gasteiger partial charge in [-0.15, -0.1) is 0 Å². The Morgan fingerprint density at radius 1 is 1.25 bits per heavy atom. The zero-order chi connectivity index (χ0) is 26.8. The van der Waals surface area contributed by atoms with E-state index in [1.807, 2.05) is 25.9 Å². The molecular formula is C22H40N4O10. The maximum Gasteiger partial charge on any atom is 0.345 e. The van der Waals surface area contributed by atoms with Crippen LogP contribution in [0.5, 0.6) is 0 Å². The van der Waals surface area contributed by atoms with Gasteiger partial charge in [-0.05, 0) is 21.0 Å². The summed E-state index contributed by atoms with van der Waals surface area (Å²) in [6.45, 7) is 4.10. The zero-order valence-corrected chi connectivity index (χ0v) is 21.5. The Morgan fingerprint density at radius 3 is 2.56 bits per heavy atom. The van der Waals surface area contributed by atoms with Crippen LogP contribution in [0.1, 0.15) is 20.3 Å². The first-order chi connectivity index (χ1) is 17.1. The maximum atomic E-state index is 13.0. The van der Waals surface area contributed by atoms with Crippen LogP contribution in [0.4, 0.5) is 0 Å². The summed E-state index contributed by atoms with van der Waals surface area (Å²) in [5.74, 6) is -1.19. The lowest BCUT2D eigenvalue weighted by atomic mass is 9.97. The smallest absolute Gasteiger partial charge is 0.345 e. The summed E-state index contributed by atoms with van der Waals surface area (Å²) in [5.41, 5.74) is 0. The van der Waals surface area contributed by atoms with Crippen LogP contribution in [-0.4, -0.2) is 141 Å². The van der Waals surface area contributed by atoms with E-state index < -0.39 is 61.5 Å². The topological polar surface area (TPSA) is 181 Å². The summed E-state index contributed by atoms with van der Waals surface area (Å²) in [5, 5.41) is 36.3. The summed E-state index contributed by atoms with van der Waals surface area (Å²) in [7, 11) is 5.17. The van der Waals surface area contributed by atoms with E-state index in [9.17, 15) is 24.9 Å². The molecule has 14 nitrogen and oxygen atoms in total. The van der Waals surface area contributed by atoms with Crippen LogP contribution in [-0.2, 0) is 33.3 Å². The molecule has 5 N–H and O–H groups in total. The van der Waals surface area contributed by atoms with Crippen molar-refractivity contribution in [2.24, 2.45) is 4.99 Å². The van der Waals surface area contributed by atoms with Crippen LogP contribution < -0.4 is 10.6 Å². The summed E-state index contributed by atoms with van der Waals surface area (Å²) < 4.78 is 27.8. The maximum absolute atomic E-state index is 13.0. The molecule has 0 aromatic heterocycles. The van der Waals surface area contributed by atoms with Crippen molar-refractivity contribution in [1.82, 2.24) is 15.5 Å². The Kier molecular flexibility index (Phi) is 12.4. The Balaban J connectivity index is 2.16. The van der Waals surface area contributed by atoms with Gasteiger partial charge in [0.1, 0.15) is 24.4 Å². The van der Waals surface area contributed by atoms with Gasteiger partial charge in [0.05, 0.1) is 31.9 Å². The van der Waals surface area contributed by atoms with Crippen LogP contribution in [0.2, 0.25) is 0 Å². The van der Waals surface area contributed by atoms with Gasteiger partial charge in [-0.3, -0.25) is 4.79 Å². The molecule has 2 aliphatic rings. The number of hydrogen-bond donors (Lipinski definition) is 5. The summed E-state index contributed by atoms with van der Waals surface area (Å²) in [6.07, 6.45) is -8.13. The van der Waals surface area contributed by atoms with E-state index in [0.717, 1.165) is 0 Å². The number of aliphatic hydroxyl groups is 3. The fourth-order valence-electron chi connectivity index (χ4n) is 3.87. The van der Waals surface area contributed by atoms with Crippen LogP contribution in [0.3, 0.4) is 0 Å². The number of rotatable bonds is 10. The quantitative estimate of drug-likeness (QED) is 0.113. The van der Waals surface area contributed by atoms with Gasteiger partial charge in [0, 0.05) is 33.5 Å². The molecule has 0 radical (unpaired) electrons. The molecule has 2 aliphatic heterocycles. The van der Waals surface area contributed by atoms with Crippen molar-refractivity contribution < 1.29 is 48.6 Å². The molecule has 36 heavy (non-hydrogen) atoms. The number of aliphatic hydroxyl groups excluding tert-OH is 3. The first kappa shape index (κ1) is 30.3. The highest BCUT2D eigenvalue weighted by Crippen LogP contribution is 2.28. The van der Waals surface area contributed by atoms with Gasteiger partial charge < -0.3 is 54.5 Å². The molecule has 0 bridgehead atoms. The van der Waals surface area contributed by atoms with E-state index in [-0.39, 0.29) is 25.0 Å². The SMILES string of the molecule is CCNC(=NCCN(C)C)OC(=O)[C@H]1O[C@@H](O[C@H]2[C@H](O)[C@@H](CO)OC[C@@H]2NC(C)=O)[C@H](O)C[C@@H]1OC. The average molecular weight is 521 g/mol. The van der Waals surface area contributed by atoms with Crippen molar-refractivity contribution in [3.05, 3.63) is 0 Å². The van der Waals surface area contributed by atoms with E-state index in [0.29, 0.717) is 19.6 Å². The molecule has 2 saturated heterocycles. The van der Waals surface area contributed by atoms with Crippen LogP contribution in [0.15, 0.2) is 4.99 Å². The molecule has 0 unspecified atom stereocenters. The van der Waals surface area contributed by atoms with Gasteiger partial charge in [-0.25, -0.2) is 9.79 Å². The summed E-state index contributed by atoms with van der Waals surface area (Å²) >= 11 is 0. The van der Waals surface area contributed by atoms with E-state index in [4.69, 9.17) is 23.7 Å². The minimum absolute atomic E-state index is 0.0250. The standard InChI is InChI=1S/C22H40N4O10/c1-6-23-22(24-7-8-26(3)4)36-20(31)19-15(32-5)9-14(29)21(35-19)34-18-13(25-12(2)28)11-33-16(10-27)17(18)30/h13-19,21,27,29-30H,6-11H2,1-5H3,(H,23,24)(H,25,28)/t13-,14+,15-,16+,17+,18+,19-,21+/m0/s1. The highest BCUT2D eigenvalue weighted by atomic mass is 16.7. The Morgan fingerprint density at radius 2 is 1.97 bits per heavy atom. The van der Waals surface area contributed by atoms with Gasteiger partial charge >= 0.3 is 5.97 Å². The molecule has 208 valence electrons. The number of amides is 1. The second-order valence-corrected chi connectivity index (χ2v) is 8.90. The lowest BCUT2D eigenvalue weighted by Gasteiger charge is -2.44. The number of nitrogens with one attached hydrogen (secondary N) is 2. The zero-order valence-electron chi connectivity index (χ0n) is 21.5. The minimum atomic E-state index is -1.37. The lowest BCUT2D eigenvalue weighted by Crippen LogP contribution is -2.63. The number of likely N-dealkylation sites (N-methyl/N-ethyl adjacent to an activating group) is 1. The predicted octanol–water partition coefficient (Wildman–Crippen LogP) is -2.81. The summed E-state index contributed by atoms with van der Waals surface area (Å²) in [6, 6.07) is -0.756. The fourth-order valence-corrected chi connectivity index (χ4v) is 3.87. The molecule has 0 aromatic rings. The van der Waals surface area contributed by atoms with Crippen LogP contribution >= 0.6 is 0 Å². The number of aliphatic imine (C=N–C) groups is 1. The van der Waals surface area contributed by atoms with E-state index in [2.05, 4.69) is 15.6 Å². The third-order valence-corrected chi connectivity index (χ3v) is 5.73. The molecule has 0 aromatic carbocycles. The normalized spacial score (nSPS) is 33.3. The molecule has 1 amide bonds. The number of nitrogens with zero attached hydrogens (tertiary/aromatic N) is 2. The third kappa shape index (κ3) is 8.59. The van der Waals surface area contributed by atoms with Crippen LogP contribution in [0.25, 0.3) is 0 Å². The van der Waals surface area contributed by atoms with Crippen molar-refractivity contribution in [2.45, 2.75) is 69.2 Å². The minimum Gasteiger partial charge on any atom is -0.394 e. The lowest BCUT2D eigenvalue weighted by molar-refractivity contribution is -0.302. The number of hydrogen-bond acceptors (Lipinski definition) is 12. The number of amidine groups is 1. The number of esters is 1. The number of methoxy groups -OCH3 is 1. The predicted molar refractivity (Wildman–Crippen MR) is 126 cm³/mol. The van der Waals surface area contributed by atoms with Crippen molar-refractivity contribution in [3.63, 3.8) is 0 Å². The largest absolute Gasteiger partial charge is 0.394 e. The highest BCUT2D eigenvalue weighted by Gasteiger charge is 2.48. The summed E-state index contributed by atoms with van der Waals surface area (Å²) in [4.78, 5) is 30.8. The number of carbonyl (C=O) groups excluding carboxylic acids is 2. The second kappa shape index (κ2) is 14.7. The Hall–Kier alpha value is -1.91. The molecule has 2 rings (SSSR count).